The van der Waals surface area contributed by atoms with Gasteiger partial charge >= 0.3 is 0 Å². The number of nitrogens with zero attached hydrogens (tertiary/aromatic N) is 2. The lowest BCUT2D eigenvalue weighted by Crippen LogP contribution is -2.24. The molecule has 1 aliphatic heterocycles. The Balaban J connectivity index is 0.000000671. The maximum absolute atomic E-state index is 8.64. The fourth-order valence-corrected chi connectivity index (χ4v) is 1.62. The predicted molar refractivity (Wildman–Crippen MR) is 56.3 cm³/mol. The van der Waals surface area contributed by atoms with Crippen molar-refractivity contribution in [3.8, 4) is 6.07 Å². The fraction of sp³-hybridized carbons (Fsp3) is 0.909. The van der Waals surface area contributed by atoms with Gasteiger partial charge in [0, 0.05) is 13.1 Å². The highest BCUT2D eigenvalue weighted by molar-refractivity contribution is 4.90. The van der Waals surface area contributed by atoms with Crippen LogP contribution in [0.2, 0.25) is 0 Å². The summed E-state index contributed by atoms with van der Waals surface area (Å²) < 4.78 is 0. The summed E-state index contributed by atoms with van der Waals surface area (Å²) in [5.41, 5.74) is 0. The molecular weight excluding hydrogens is 160 g/mol. The van der Waals surface area contributed by atoms with Gasteiger partial charge in [0.2, 0.25) is 0 Å². The van der Waals surface area contributed by atoms with E-state index in [2.05, 4.69) is 24.8 Å². The summed E-state index contributed by atoms with van der Waals surface area (Å²) >= 11 is 0. The van der Waals surface area contributed by atoms with Crippen molar-refractivity contribution in [1.29, 1.82) is 5.26 Å². The molecule has 0 radical (unpaired) electrons. The van der Waals surface area contributed by atoms with Crippen molar-refractivity contribution in [3.05, 3.63) is 0 Å². The van der Waals surface area contributed by atoms with Crippen molar-refractivity contribution in [2.24, 2.45) is 11.8 Å². The van der Waals surface area contributed by atoms with Gasteiger partial charge in [-0.3, -0.25) is 0 Å². The lowest BCUT2D eigenvalue weighted by Gasteiger charge is -2.16. The van der Waals surface area contributed by atoms with Crippen LogP contribution >= 0.6 is 0 Å². The molecule has 0 aromatic heterocycles. The number of nitriles is 1. The van der Waals surface area contributed by atoms with E-state index >= 15 is 0 Å². The summed E-state index contributed by atoms with van der Waals surface area (Å²) in [6.07, 6.45) is 1.07. The van der Waals surface area contributed by atoms with Crippen LogP contribution in [0.15, 0.2) is 0 Å². The molecule has 1 saturated heterocycles. The van der Waals surface area contributed by atoms with Crippen LogP contribution in [0.5, 0.6) is 0 Å². The average molecular weight is 182 g/mol. The highest BCUT2D eigenvalue weighted by Gasteiger charge is 2.21. The summed E-state index contributed by atoms with van der Waals surface area (Å²) in [4.78, 5) is 2.39. The van der Waals surface area contributed by atoms with Gasteiger partial charge in [-0.2, -0.15) is 5.26 Å². The molecule has 0 aromatic rings. The van der Waals surface area contributed by atoms with Crippen molar-refractivity contribution in [3.63, 3.8) is 0 Å². The Kier molecular flexibility index (Phi) is 6.62. The molecule has 1 aliphatic rings. The standard InChI is InChI=1S/C9H16N2.C2H6/c1-8(2)6-11-4-3-9(5-10)7-11;1-2/h8-9H,3-4,6-7H2,1-2H3;1-2H3. The Hall–Kier alpha value is -0.550. The first-order valence-electron chi connectivity index (χ1n) is 5.34. The molecular formula is C11H22N2. The first kappa shape index (κ1) is 12.4. The van der Waals surface area contributed by atoms with Crippen LogP contribution in [0, 0.1) is 23.2 Å². The molecule has 0 amide bonds. The largest absolute Gasteiger partial charge is 0.302 e. The van der Waals surface area contributed by atoms with Crippen LogP contribution in [-0.4, -0.2) is 24.5 Å². The Labute approximate surface area is 82.5 Å². The highest BCUT2D eigenvalue weighted by Crippen LogP contribution is 2.15. The van der Waals surface area contributed by atoms with Crippen LogP contribution in [0.3, 0.4) is 0 Å². The quantitative estimate of drug-likeness (QED) is 0.656. The van der Waals surface area contributed by atoms with Crippen LogP contribution in [0.25, 0.3) is 0 Å². The van der Waals surface area contributed by atoms with E-state index in [1.807, 2.05) is 13.8 Å². The first-order valence-corrected chi connectivity index (χ1v) is 5.34. The van der Waals surface area contributed by atoms with Gasteiger partial charge in [0.15, 0.2) is 0 Å². The Morgan fingerprint density at radius 1 is 1.46 bits per heavy atom. The molecule has 0 saturated carbocycles. The molecule has 0 aromatic carbocycles. The van der Waals surface area contributed by atoms with Crippen LogP contribution in [-0.2, 0) is 0 Å². The predicted octanol–water partition coefficient (Wildman–Crippen LogP) is 2.51. The zero-order valence-corrected chi connectivity index (χ0v) is 9.38. The van der Waals surface area contributed by atoms with Crippen LogP contribution in [0.1, 0.15) is 34.1 Å². The second kappa shape index (κ2) is 6.91. The maximum Gasteiger partial charge on any atom is 0.0669 e. The molecule has 0 spiro atoms. The van der Waals surface area contributed by atoms with E-state index in [0.29, 0.717) is 5.92 Å². The number of hydrogen-bond donors (Lipinski definition) is 0. The van der Waals surface area contributed by atoms with Crippen molar-refractivity contribution in [2.45, 2.75) is 34.1 Å². The minimum Gasteiger partial charge on any atom is -0.302 e. The SMILES string of the molecule is CC.CC(C)CN1CCC(C#N)C1. The first-order chi connectivity index (χ1) is 6.22. The van der Waals surface area contributed by atoms with Crippen molar-refractivity contribution in [2.75, 3.05) is 19.6 Å². The number of hydrogen-bond acceptors (Lipinski definition) is 2. The molecule has 1 atom stereocenters. The van der Waals surface area contributed by atoms with Gasteiger partial charge in [-0.1, -0.05) is 27.7 Å². The highest BCUT2D eigenvalue weighted by atomic mass is 15.1. The van der Waals surface area contributed by atoms with E-state index in [1.54, 1.807) is 0 Å². The smallest absolute Gasteiger partial charge is 0.0669 e. The molecule has 1 rings (SSSR count). The van der Waals surface area contributed by atoms with E-state index in [1.165, 1.54) is 0 Å². The molecule has 1 heterocycles. The molecule has 0 N–H and O–H groups in total. The van der Waals surface area contributed by atoms with E-state index in [-0.39, 0.29) is 0 Å². The van der Waals surface area contributed by atoms with Gasteiger partial charge in [-0.25, -0.2) is 0 Å². The van der Waals surface area contributed by atoms with E-state index in [0.717, 1.165) is 32.0 Å². The summed E-state index contributed by atoms with van der Waals surface area (Å²) in [5.74, 6) is 1.03. The molecule has 76 valence electrons. The Bertz CT molecular complexity index is 158. The van der Waals surface area contributed by atoms with Crippen molar-refractivity contribution in [1.82, 2.24) is 4.90 Å². The summed E-state index contributed by atoms with van der Waals surface area (Å²) in [6.45, 7) is 11.7. The molecule has 2 heteroatoms. The third-order valence-electron chi connectivity index (χ3n) is 2.08. The van der Waals surface area contributed by atoms with Crippen molar-refractivity contribution < 1.29 is 0 Å². The maximum atomic E-state index is 8.64. The van der Waals surface area contributed by atoms with Gasteiger partial charge in [0.25, 0.3) is 0 Å². The monoisotopic (exact) mass is 182 g/mol. The minimum absolute atomic E-state index is 0.300. The van der Waals surface area contributed by atoms with Gasteiger partial charge in [0.1, 0.15) is 0 Å². The fourth-order valence-electron chi connectivity index (χ4n) is 1.62. The summed E-state index contributed by atoms with van der Waals surface area (Å²) in [5, 5.41) is 8.64. The van der Waals surface area contributed by atoms with Gasteiger partial charge in [0.05, 0.1) is 12.0 Å². The van der Waals surface area contributed by atoms with Crippen molar-refractivity contribution >= 4 is 0 Å². The van der Waals surface area contributed by atoms with Gasteiger partial charge < -0.3 is 4.90 Å². The topological polar surface area (TPSA) is 27.0 Å². The second-order valence-electron chi connectivity index (χ2n) is 3.77. The summed E-state index contributed by atoms with van der Waals surface area (Å²) in [6, 6.07) is 2.33. The zero-order valence-electron chi connectivity index (χ0n) is 9.38. The Morgan fingerprint density at radius 3 is 2.46 bits per heavy atom. The summed E-state index contributed by atoms with van der Waals surface area (Å²) in [7, 11) is 0. The van der Waals surface area contributed by atoms with Crippen LogP contribution in [0.4, 0.5) is 0 Å². The normalized spacial score (nSPS) is 22.3. The third-order valence-corrected chi connectivity index (χ3v) is 2.08. The van der Waals surface area contributed by atoms with Gasteiger partial charge in [-0.05, 0) is 18.9 Å². The molecule has 0 bridgehead atoms. The number of rotatable bonds is 2. The Morgan fingerprint density at radius 2 is 2.08 bits per heavy atom. The second-order valence-corrected chi connectivity index (χ2v) is 3.77. The molecule has 2 nitrogen and oxygen atoms in total. The molecule has 13 heavy (non-hydrogen) atoms. The third kappa shape index (κ3) is 4.90. The lowest BCUT2D eigenvalue weighted by atomic mass is 10.1. The number of likely N-dealkylation sites (tertiary alicyclic amines) is 1. The molecule has 1 unspecified atom stereocenters. The zero-order chi connectivity index (χ0) is 10.3. The van der Waals surface area contributed by atoms with E-state index in [9.17, 15) is 0 Å². The van der Waals surface area contributed by atoms with Crippen LogP contribution < -0.4 is 0 Å². The van der Waals surface area contributed by atoms with E-state index in [4.69, 9.17) is 5.26 Å². The van der Waals surface area contributed by atoms with E-state index < -0.39 is 0 Å². The minimum atomic E-state index is 0.300. The molecule has 1 fully saturated rings. The average Bonchev–Trinajstić information content (AvgIpc) is 2.55. The lowest BCUT2D eigenvalue weighted by molar-refractivity contribution is 0.293. The van der Waals surface area contributed by atoms with Gasteiger partial charge in [-0.15, -0.1) is 0 Å². The molecule has 0 aliphatic carbocycles.